The van der Waals surface area contributed by atoms with Gasteiger partial charge in [-0.1, -0.05) is 30.3 Å². The molecular weight excluding hydrogens is 244 g/mol. The topological polar surface area (TPSA) is 112 Å². The molecule has 1 unspecified atom stereocenters. The molecule has 0 aliphatic rings. The number of hydrogen-bond donors (Lipinski definition) is 2. The molecule has 0 aliphatic heterocycles. The summed E-state index contributed by atoms with van der Waals surface area (Å²) in [6, 6.07) is 7.80. The summed E-state index contributed by atoms with van der Waals surface area (Å²) in [6.07, 6.45) is 0. The number of primary amides is 1. The van der Waals surface area contributed by atoms with Gasteiger partial charge in [-0.3, -0.25) is 4.79 Å². The van der Waals surface area contributed by atoms with Crippen molar-refractivity contribution >= 4 is 15.9 Å². The first-order valence-corrected chi connectivity index (χ1v) is 6.27. The van der Waals surface area contributed by atoms with Crippen molar-refractivity contribution in [1.82, 2.24) is 0 Å². The van der Waals surface area contributed by atoms with Gasteiger partial charge in [-0.25, -0.2) is 13.6 Å². The second-order valence-corrected chi connectivity index (χ2v) is 5.32. The molecule has 1 aromatic carbocycles. The number of carbonyl (C=O) groups is 1. The molecule has 7 heteroatoms. The van der Waals surface area contributed by atoms with Crippen LogP contribution in [0.3, 0.4) is 0 Å². The molecule has 1 amide bonds. The zero-order valence-corrected chi connectivity index (χ0v) is 10.1. The van der Waals surface area contributed by atoms with Crippen molar-refractivity contribution < 1.29 is 17.9 Å². The largest absolute Gasteiger partial charge is 0.382 e. The van der Waals surface area contributed by atoms with Crippen LogP contribution in [0.2, 0.25) is 0 Å². The Morgan fingerprint density at radius 2 is 1.88 bits per heavy atom. The van der Waals surface area contributed by atoms with Crippen LogP contribution in [0.15, 0.2) is 30.3 Å². The number of sulfonamides is 1. The third-order valence-corrected chi connectivity index (χ3v) is 4.00. The van der Waals surface area contributed by atoms with Gasteiger partial charge in [0.2, 0.25) is 20.7 Å². The molecule has 0 aliphatic carbocycles. The predicted molar refractivity (Wildman–Crippen MR) is 62.3 cm³/mol. The van der Waals surface area contributed by atoms with E-state index in [1.165, 1.54) is 19.2 Å². The van der Waals surface area contributed by atoms with Gasteiger partial charge < -0.3 is 10.5 Å². The van der Waals surface area contributed by atoms with Crippen LogP contribution in [0.25, 0.3) is 0 Å². The highest BCUT2D eigenvalue weighted by Gasteiger charge is 2.49. The maximum absolute atomic E-state index is 11.7. The SMILES string of the molecule is COCC(C(N)=O)(c1ccccc1)S(N)(=O)=O. The fourth-order valence-electron chi connectivity index (χ4n) is 1.59. The van der Waals surface area contributed by atoms with Gasteiger partial charge in [0.05, 0.1) is 6.61 Å². The molecule has 94 valence electrons. The van der Waals surface area contributed by atoms with Gasteiger partial charge in [-0.05, 0) is 5.56 Å². The van der Waals surface area contributed by atoms with Gasteiger partial charge >= 0.3 is 0 Å². The first-order chi connectivity index (χ1) is 7.86. The average Bonchev–Trinajstić information content (AvgIpc) is 2.24. The third kappa shape index (κ3) is 2.31. The number of ether oxygens (including phenoxy) is 1. The number of methoxy groups -OCH3 is 1. The number of benzene rings is 1. The Labute approximate surface area is 99.6 Å². The maximum Gasteiger partial charge on any atom is 0.247 e. The normalized spacial score (nSPS) is 15.2. The molecule has 4 N–H and O–H groups in total. The first-order valence-electron chi connectivity index (χ1n) is 4.73. The number of primary sulfonamides is 1. The molecule has 17 heavy (non-hydrogen) atoms. The molecular formula is C10H14N2O4S. The lowest BCUT2D eigenvalue weighted by molar-refractivity contribution is -0.122. The Morgan fingerprint density at radius 1 is 1.35 bits per heavy atom. The van der Waals surface area contributed by atoms with Crippen molar-refractivity contribution in [2.24, 2.45) is 10.9 Å². The van der Waals surface area contributed by atoms with E-state index in [1.54, 1.807) is 18.2 Å². The lowest BCUT2D eigenvalue weighted by Gasteiger charge is -2.27. The summed E-state index contributed by atoms with van der Waals surface area (Å²) in [4.78, 5) is 11.5. The minimum atomic E-state index is -4.24. The van der Waals surface area contributed by atoms with Crippen LogP contribution in [-0.2, 0) is 24.3 Å². The Bertz CT molecular complexity index is 500. The highest BCUT2D eigenvalue weighted by Crippen LogP contribution is 2.28. The molecule has 0 aromatic heterocycles. The van der Waals surface area contributed by atoms with E-state index < -0.39 is 27.3 Å². The molecule has 1 rings (SSSR count). The van der Waals surface area contributed by atoms with Crippen LogP contribution in [-0.4, -0.2) is 28.0 Å². The standard InChI is InChI=1S/C10H14N2O4S/c1-16-7-10(9(11)13,17(12,14)15)8-5-3-2-4-6-8/h2-6H,7H2,1H3,(H2,11,13)(H2,12,14,15). The summed E-state index contributed by atoms with van der Waals surface area (Å²) in [5.74, 6) is -1.06. The van der Waals surface area contributed by atoms with Gasteiger partial charge in [-0.15, -0.1) is 0 Å². The fraction of sp³-hybridized carbons (Fsp3) is 0.300. The smallest absolute Gasteiger partial charge is 0.247 e. The van der Waals surface area contributed by atoms with E-state index in [4.69, 9.17) is 15.6 Å². The van der Waals surface area contributed by atoms with Crippen LogP contribution in [0.4, 0.5) is 0 Å². The quantitative estimate of drug-likeness (QED) is 0.727. The van der Waals surface area contributed by atoms with E-state index in [1.807, 2.05) is 0 Å². The minimum Gasteiger partial charge on any atom is -0.382 e. The first kappa shape index (κ1) is 13.6. The van der Waals surface area contributed by atoms with E-state index >= 15 is 0 Å². The molecule has 0 saturated heterocycles. The van der Waals surface area contributed by atoms with E-state index in [0.717, 1.165) is 0 Å². The number of rotatable bonds is 5. The zero-order valence-electron chi connectivity index (χ0n) is 9.29. The lowest BCUT2D eigenvalue weighted by Crippen LogP contribution is -2.53. The third-order valence-electron chi connectivity index (χ3n) is 2.47. The average molecular weight is 258 g/mol. The summed E-state index contributed by atoms with van der Waals surface area (Å²) in [7, 11) is -2.97. The molecule has 0 heterocycles. The maximum atomic E-state index is 11.7. The van der Waals surface area contributed by atoms with Crippen molar-refractivity contribution in [3.63, 3.8) is 0 Å². The highest BCUT2D eigenvalue weighted by atomic mass is 32.2. The Kier molecular flexibility index (Phi) is 3.87. The minimum absolute atomic E-state index is 0.192. The molecule has 6 nitrogen and oxygen atoms in total. The van der Waals surface area contributed by atoms with Gasteiger partial charge in [-0.2, -0.15) is 0 Å². The zero-order chi connectivity index (χ0) is 13.1. The van der Waals surface area contributed by atoms with E-state index in [9.17, 15) is 13.2 Å². The van der Waals surface area contributed by atoms with E-state index in [2.05, 4.69) is 0 Å². The molecule has 0 fully saturated rings. The molecule has 0 bridgehead atoms. The van der Waals surface area contributed by atoms with Crippen molar-refractivity contribution in [1.29, 1.82) is 0 Å². The lowest BCUT2D eigenvalue weighted by atomic mass is 9.98. The van der Waals surface area contributed by atoms with Crippen LogP contribution in [0, 0.1) is 0 Å². The monoisotopic (exact) mass is 258 g/mol. The second-order valence-electron chi connectivity index (χ2n) is 3.54. The van der Waals surface area contributed by atoms with Gasteiger partial charge in [0.1, 0.15) is 0 Å². The number of amides is 1. The van der Waals surface area contributed by atoms with Crippen molar-refractivity contribution in [2.75, 3.05) is 13.7 Å². The van der Waals surface area contributed by atoms with Crippen LogP contribution in [0.5, 0.6) is 0 Å². The Hall–Kier alpha value is -1.44. The van der Waals surface area contributed by atoms with Crippen LogP contribution in [0.1, 0.15) is 5.56 Å². The predicted octanol–water partition coefficient (Wildman–Crippen LogP) is -0.698. The summed E-state index contributed by atoms with van der Waals surface area (Å²) < 4.78 is 26.1. The summed E-state index contributed by atoms with van der Waals surface area (Å²) in [5.41, 5.74) is 5.39. The van der Waals surface area contributed by atoms with E-state index in [0.29, 0.717) is 0 Å². The summed E-state index contributed by atoms with van der Waals surface area (Å²) in [6.45, 7) is -0.425. The van der Waals surface area contributed by atoms with Crippen LogP contribution < -0.4 is 10.9 Å². The van der Waals surface area contributed by atoms with Crippen molar-refractivity contribution in [2.45, 2.75) is 4.75 Å². The molecule has 1 aromatic rings. The number of carbonyl (C=O) groups excluding carboxylic acids is 1. The second kappa shape index (κ2) is 4.82. The van der Waals surface area contributed by atoms with Crippen molar-refractivity contribution in [3.8, 4) is 0 Å². The molecule has 0 radical (unpaired) electrons. The van der Waals surface area contributed by atoms with Crippen molar-refractivity contribution in [3.05, 3.63) is 35.9 Å². The number of hydrogen-bond acceptors (Lipinski definition) is 4. The Balaban J connectivity index is 3.53. The van der Waals surface area contributed by atoms with Gasteiger partial charge in [0.25, 0.3) is 0 Å². The Morgan fingerprint density at radius 3 is 2.24 bits per heavy atom. The van der Waals surface area contributed by atoms with Gasteiger partial charge in [0, 0.05) is 7.11 Å². The highest BCUT2D eigenvalue weighted by molar-refractivity contribution is 7.91. The molecule has 0 spiro atoms. The number of nitrogens with two attached hydrogens (primary N) is 2. The molecule has 1 atom stereocenters. The summed E-state index contributed by atoms with van der Waals surface area (Å²) >= 11 is 0. The van der Waals surface area contributed by atoms with E-state index in [-0.39, 0.29) is 5.56 Å². The molecule has 0 saturated carbocycles. The summed E-state index contributed by atoms with van der Waals surface area (Å²) in [5, 5.41) is 5.13. The fourth-order valence-corrected chi connectivity index (χ4v) is 2.62. The van der Waals surface area contributed by atoms with Gasteiger partial charge in [0.15, 0.2) is 0 Å². The van der Waals surface area contributed by atoms with Crippen LogP contribution >= 0.6 is 0 Å².